The van der Waals surface area contributed by atoms with Crippen molar-refractivity contribution in [1.29, 1.82) is 0 Å². The third-order valence-corrected chi connectivity index (χ3v) is 3.13. The van der Waals surface area contributed by atoms with Crippen molar-refractivity contribution in [2.75, 3.05) is 25.0 Å². The minimum atomic E-state index is 0.268. The zero-order valence-corrected chi connectivity index (χ0v) is 12.7. The average Bonchev–Trinajstić information content (AvgIpc) is 2.27. The maximum absolute atomic E-state index is 3.53. The van der Waals surface area contributed by atoms with Gasteiger partial charge in [-0.15, -0.1) is 0 Å². The van der Waals surface area contributed by atoms with E-state index in [1.807, 2.05) is 0 Å². The van der Waals surface area contributed by atoms with Crippen LogP contribution in [-0.4, -0.2) is 26.2 Å². The van der Waals surface area contributed by atoms with Crippen molar-refractivity contribution in [1.82, 2.24) is 5.32 Å². The smallest absolute Gasteiger partial charge is 0.0363 e. The summed E-state index contributed by atoms with van der Waals surface area (Å²) in [4.78, 5) is 2.33. The molecule has 1 aromatic rings. The molecule has 0 aliphatic rings. The zero-order valence-electron chi connectivity index (χ0n) is 12.7. The summed E-state index contributed by atoms with van der Waals surface area (Å²) in [5, 5.41) is 3.53. The van der Waals surface area contributed by atoms with Crippen LogP contribution in [0.4, 0.5) is 5.69 Å². The SMILES string of the molecule is Cc1ccc(N(C)CC(C)(C)CNC(C)C)cc1. The Morgan fingerprint density at radius 2 is 1.72 bits per heavy atom. The van der Waals surface area contributed by atoms with E-state index in [0.717, 1.165) is 13.1 Å². The van der Waals surface area contributed by atoms with Gasteiger partial charge in [-0.1, -0.05) is 45.4 Å². The molecule has 1 rings (SSSR count). The molecule has 18 heavy (non-hydrogen) atoms. The van der Waals surface area contributed by atoms with E-state index in [2.05, 4.69) is 76.1 Å². The van der Waals surface area contributed by atoms with Gasteiger partial charge in [0.05, 0.1) is 0 Å². The number of hydrogen-bond donors (Lipinski definition) is 1. The second kappa shape index (κ2) is 6.24. The Hall–Kier alpha value is -1.02. The minimum Gasteiger partial charge on any atom is -0.374 e. The van der Waals surface area contributed by atoms with Gasteiger partial charge >= 0.3 is 0 Å². The largest absolute Gasteiger partial charge is 0.374 e. The highest BCUT2D eigenvalue weighted by Crippen LogP contribution is 2.20. The quantitative estimate of drug-likeness (QED) is 0.829. The molecule has 0 aliphatic heterocycles. The van der Waals surface area contributed by atoms with Gasteiger partial charge in [-0.2, -0.15) is 0 Å². The van der Waals surface area contributed by atoms with Crippen molar-refractivity contribution in [3.8, 4) is 0 Å². The molecule has 1 aromatic carbocycles. The number of hydrogen-bond acceptors (Lipinski definition) is 2. The van der Waals surface area contributed by atoms with Crippen LogP contribution in [0.25, 0.3) is 0 Å². The summed E-state index contributed by atoms with van der Waals surface area (Å²) in [6, 6.07) is 9.29. The van der Waals surface area contributed by atoms with Gasteiger partial charge in [-0.05, 0) is 24.5 Å². The maximum Gasteiger partial charge on any atom is 0.0363 e. The zero-order chi connectivity index (χ0) is 13.8. The fourth-order valence-corrected chi connectivity index (χ4v) is 2.07. The Morgan fingerprint density at radius 3 is 2.22 bits per heavy atom. The molecule has 0 saturated carbocycles. The highest BCUT2D eigenvalue weighted by atomic mass is 15.1. The van der Waals surface area contributed by atoms with Crippen molar-refractivity contribution in [3.63, 3.8) is 0 Å². The number of aryl methyl sites for hydroxylation is 1. The van der Waals surface area contributed by atoms with Crippen LogP contribution < -0.4 is 10.2 Å². The van der Waals surface area contributed by atoms with E-state index in [9.17, 15) is 0 Å². The maximum atomic E-state index is 3.53. The monoisotopic (exact) mass is 248 g/mol. The van der Waals surface area contributed by atoms with E-state index in [-0.39, 0.29) is 5.41 Å². The third-order valence-electron chi connectivity index (χ3n) is 3.13. The Kier molecular flexibility index (Phi) is 5.21. The van der Waals surface area contributed by atoms with Gasteiger partial charge in [0.1, 0.15) is 0 Å². The predicted molar refractivity (Wildman–Crippen MR) is 81.4 cm³/mol. The third kappa shape index (κ3) is 5.09. The summed E-state index contributed by atoms with van der Waals surface area (Å²) in [6.07, 6.45) is 0. The van der Waals surface area contributed by atoms with Gasteiger partial charge in [0.15, 0.2) is 0 Å². The van der Waals surface area contributed by atoms with E-state index in [1.54, 1.807) is 0 Å². The van der Waals surface area contributed by atoms with Crippen molar-refractivity contribution < 1.29 is 0 Å². The number of nitrogens with one attached hydrogen (secondary N) is 1. The van der Waals surface area contributed by atoms with Gasteiger partial charge in [-0.25, -0.2) is 0 Å². The van der Waals surface area contributed by atoms with Gasteiger partial charge in [0.2, 0.25) is 0 Å². The molecule has 0 saturated heterocycles. The molecule has 1 N–H and O–H groups in total. The van der Waals surface area contributed by atoms with Crippen LogP contribution in [-0.2, 0) is 0 Å². The lowest BCUT2D eigenvalue weighted by molar-refractivity contribution is 0.333. The first-order valence-electron chi connectivity index (χ1n) is 6.81. The van der Waals surface area contributed by atoms with Crippen molar-refractivity contribution in [2.45, 2.75) is 40.7 Å². The molecule has 0 aliphatic carbocycles. The minimum absolute atomic E-state index is 0.268. The number of rotatable bonds is 6. The Bertz CT molecular complexity index is 352. The molecule has 2 nitrogen and oxygen atoms in total. The molecule has 0 atom stereocenters. The first-order valence-corrected chi connectivity index (χ1v) is 6.81. The summed E-state index contributed by atoms with van der Waals surface area (Å²) in [7, 11) is 2.17. The van der Waals surface area contributed by atoms with Crippen LogP contribution in [0.15, 0.2) is 24.3 Å². The van der Waals surface area contributed by atoms with Gasteiger partial charge < -0.3 is 10.2 Å². The fourth-order valence-electron chi connectivity index (χ4n) is 2.07. The molecule has 0 radical (unpaired) electrons. The molecule has 0 bridgehead atoms. The Balaban J connectivity index is 2.57. The topological polar surface area (TPSA) is 15.3 Å². The first-order chi connectivity index (χ1) is 8.30. The van der Waals surface area contributed by atoms with Gasteiger partial charge in [0.25, 0.3) is 0 Å². The molecule has 0 heterocycles. The lowest BCUT2D eigenvalue weighted by Gasteiger charge is -2.32. The summed E-state index contributed by atoms with van der Waals surface area (Å²) in [5.74, 6) is 0. The summed E-state index contributed by atoms with van der Waals surface area (Å²) < 4.78 is 0. The van der Waals surface area contributed by atoms with E-state index >= 15 is 0 Å². The molecule has 0 amide bonds. The summed E-state index contributed by atoms with van der Waals surface area (Å²) in [6.45, 7) is 13.2. The molecule has 0 unspecified atom stereocenters. The second-order valence-corrected chi connectivity index (χ2v) is 6.39. The molecule has 0 aromatic heterocycles. The second-order valence-electron chi connectivity index (χ2n) is 6.39. The normalized spacial score (nSPS) is 11.9. The lowest BCUT2D eigenvalue weighted by Crippen LogP contribution is -2.41. The van der Waals surface area contributed by atoms with E-state index in [1.165, 1.54) is 11.3 Å². The highest BCUT2D eigenvalue weighted by molar-refractivity contribution is 5.46. The molecule has 102 valence electrons. The Morgan fingerprint density at radius 1 is 1.17 bits per heavy atom. The van der Waals surface area contributed by atoms with Crippen LogP contribution in [0, 0.1) is 12.3 Å². The number of benzene rings is 1. The van der Waals surface area contributed by atoms with Crippen molar-refractivity contribution in [3.05, 3.63) is 29.8 Å². The van der Waals surface area contributed by atoms with Crippen LogP contribution in [0.2, 0.25) is 0 Å². The highest BCUT2D eigenvalue weighted by Gasteiger charge is 2.20. The van der Waals surface area contributed by atoms with Gasteiger partial charge in [0, 0.05) is 31.9 Å². The average molecular weight is 248 g/mol. The predicted octanol–water partition coefficient (Wildman–Crippen LogP) is 3.46. The van der Waals surface area contributed by atoms with Crippen LogP contribution in [0.3, 0.4) is 0 Å². The van der Waals surface area contributed by atoms with Crippen molar-refractivity contribution >= 4 is 5.69 Å². The standard InChI is InChI=1S/C16H28N2/c1-13(2)17-11-16(4,5)12-18(6)15-9-7-14(3)8-10-15/h7-10,13,17H,11-12H2,1-6H3. The van der Waals surface area contributed by atoms with E-state index in [4.69, 9.17) is 0 Å². The molecular weight excluding hydrogens is 220 g/mol. The first kappa shape index (κ1) is 15.0. The molecule has 2 heteroatoms. The van der Waals surface area contributed by atoms with Gasteiger partial charge in [-0.3, -0.25) is 0 Å². The number of nitrogens with zero attached hydrogens (tertiary/aromatic N) is 1. The van der Waals surface area contributed by atoms with E-state index < -0.39 is 0 Å². The summed E-state index contributed by atoms with van der Waals surface area (Å²) in [5.41, 5.74) is 2.87. The lowest BCUT2D eigenvalue weighted by atomic mass is 9.92. The van der Waals surface area contributed by atoms with Crippen LogP contribution in [0.5, 0.6) is 0 Å². The fraction of sp³-hybridized carbons (Fsp3) is 0.625. The molecular formula is C16H28N2. The van der Waals surface area contributed by atoms with Crippen LogP contribution >= 0.6 is 0 Å². The van der Waals surface area contributed by atoms with Crippen LogP contribution in [0.1, 0.15) is 33.3 Å². The Labute approximate surface area is 112 Å². The summed E-state index contributed by atoms with van der Waals surface area (Å²) >= 11 is 0. The number of anilines is 1. The van der Waals surface area contributed by atoms with Crippen molar-refractivity contribution in [2.24, 2.45) is 5.41 Å². The van der Waals surface area contributed by atoms with E-state index in [0.29, 0.717) is 6.04 Å². The molecule has 0 spiro atoms. The molecule has 0 fully saturated rings.